The zero-order chi connectivity index (χ0) is 7.40. The number of pyridine rings is 1. The van der Waals surface area contributed by atoms with E-state index < -0.39 is 0 Å². The summed E-state index contributed by atoms with van der Waals surface area (Å²) in [6.45, 7) is 0.0270. The largest absolute Gasteiger partial charge is 0.392 e. The molecule has 1 heterocycles. The van der Waals surface area contributed by atoms with Gasteiger partial charge in [-0.25, -0.2) is 0 Å². The molecule has 1 rings (SSSR count). The lowest BCUT2D eigenvalue weighted by Crippen LogP contribution is -1.90. The lowest BCUT2D eigenvalue weighted by atomic mass is 10.2. The molecule has 0 aliphatic heterocycles. The molecule has 0 amide bonds. The second kappa shape index (κ2) is 3.72. The Morgan fingerprint density at radius 3 is 3.00 bits per heavy atom. The molecule has 0 radical (unpaired) electrons. The van der Waals surface area contributed by atoms with E-state index in [0.29, 0.717) is 0 Å². The first-order chi connectivity index (χ1) is 4.88. The van der Waals surface area contributed by atoms with Crippen LogP contribution < -0.4 is 3.53 Å². The molecule has 4 heteroatoms. The lowest BCUT2D eigenvalue weighted by Gasteiger charge is -2.01. The molecule has 0 unspecified atom stereocenters. The highest BCUT2D eigenvalue weighted by molar-refractivity contribution is 14.1. The van der Waals surface area contributed by atoms with Crippen molar-refractivity contribution in [2.75, 3.05) is 3.53 Å². The number of aromatic nitrogens is 1. The van der Waals surface area contributed by atoms with Crippen molar-refractivity contribution in [1.82, 2.24) is 4.98 Å². The van der Waals surface area contributed by atoms with Crippen LogP contribution in [0, 0.1) is 0 Å². The standard InChI is InChI=1S/C6H7IN2O/c7-9-6-1-2-8-3-5(6)4-10/h1-3,10H,4H2,(H,8,9). The Labute approximate surface area is 73.0 Å². The van der Waals surface area contributed by atoms with E-state index >= 15 is 0 Å². The average Bonchev–Trinajstić information content (AvgIpc) is 2.04. The maximum Gasteiger partial charge on any atom is 0.0717 e. The van der Waals surface area contributed by atoms with Gasteiger partial charge in [0.15, 0.2) is 0 Å². The number of aliphatic hydroxyl groups is 1. The molecule has 0 saturated heterocycles. The Balaban J connectivity index is 2.96. The fraction of sp³-hybridized carbons (Fsp3) is 0.167. The molecular weight excluding hydrogens is 243 g/mol. The molecule has 0 bridgehead atoms. The van der Waals surface area contributed by atoms with Gasteiger partial charge in [0, 0.05) is 18.0 Å². The summed E-state index contributed by atoms with van der Waals surface area (Å²) < 4.78 is 2.92. The van der Waals surface area contributed by atoms with Crippen LogP contribution in [0.25, 0.3) is 0 Å². The third-order valence-electron chi connectivity index (χ3n) is 1.18. The molecule has 2 N–H and O–H groups in total. The smallest absolute Gasteiger partial charge is 0.0717 e. The van der Waals surface area contributed by atoms with Crippen molar-refractivity contribution in [3.63, 3.8) is 0 Å². The summed E-state index contributed by atoms with van der Waals surface area (Å²) >= 11 is 2.01. The van der Waals surface area contributed by atoms with E-state index in [0.717, 1.165) is 11.3 Å². The van der Waals surface area contributed by atoms with Crippen LogP contribution in [-0.4, -0.2) is 10.1 Å². The van der Waals surface area contributed by atoms with Crippen LogP contribution in [-0.2, 0) is 6.61 Å². The highest BCUT2D eigenvalue weighted by Crippen LogP contribution is 2.14. The number of aliphatic hydroxyl groups excluding tert-OH is 1. The SMILES string of the molecule is OCc1cnccc1NI. The lowest BCUT2D eigenvalue weighted by molar-refractivity contribution is 0.282. The van der Waals surface area contributed by atoms with E-state index in [1.165, 1.54) is 0 Å². The number of nitrogens with zero attached hydrogens (tertiary/aromatic N) is 1. The molecule has 0 spiro atoms. The van der Waals surface area contributed by atoms with Crippen molar-refractivity contribution in [3.05, 3.63) is 24.0 Å². The zero-order valence-electron chi connectivity index (χ0n) is 5.21. The molecule has 0 aliphatic rings. The van der Waals surface area contributed by atoms with Gasteiger partial charge < -0.3 is 8.64 Å². The monoisotopic (exact) mass is 250 g/mol. The summed E-state index contributed by atoms with van der Waals surface area (Å²) in [6, 6.07) is 1.82. The van der Waals surface area contributed by atoms with E-state index in [1.54, 1.807) is 12.4 Å². The third kappa shape index (κ3) is 1.57. The Morgan fingerprint density at radius 1 is 1.70 bits per heavy atom. The van der Waals surface area contributed by atoms with Crippen LogP contribution in [0.1, 0.15) is 5.56 Å². The van der Waals surface area contributed by atoms with Gasteiger partial charge in [-0.15, -0.1) is 0 Å². The van der Waals surface area contributed by atoms with E-state index in [4.69, 9.17) is 5.11 Å². The Kier molecular flexibility index (Phi) is 2.88. The molecule has 0 saturated carbocycles. The van der Waals surface area contributed by atoms with Crippen molar-refractivity contribution >= 4 is 28.6 Å². The van der Waals surface area contributed by atoms with Gasteiger partial charge >= 0.3 is 0 Å². The van der Waals surface area contributed by atoms with Gasteiger partial charge in [0.25, 0.3) is 0 Å². The minimum absolute atomic E-state index is 0.0270. The van der Waals surface area contributed by atoms with Gasteiger partial charge in [-0.1, -0.05) is 0 Å². The summed E-state index contributed by atoms with van der Waals surface area (Å²) in [5, 5.41) is 8.77. The van der Waals surface area contributed by atoms with Gasteiger partial charge in [-0.3, -0.25) is 4.98 Å². The van der Waals surface area contributed by atoms with Crippen molar-refractivity contribution in [1.29, 1.82) is 0 Å². The Hall–Kier alpha value is -0.360. The molecule has 1 aromatic rings. The summed E-state index contributed by atoms with van der Waals surface area (Å²) in [5.74, 6) is 0. The molecule has 3 nitrogen and oxygen atoms in total. The minimum atomic E-state index is 0.0270. The maximum absolute atomic E-state index is 8.77. The van der Waals surface area contributed by atoms with Crippen LogP contribution in [0.4, 0.5) is 5.69 Å². The van der Waals surface area contributed by atoms with Crippen molar-refractivity contribution in [3.8, 4) is 0 Å². The van der Waals surface area contributed by atoms with Crippen molar-refractivity contribution in [2.24, 2.45) is 0 Å². The normalized spacial score (nSPS) is 9.40. The number of hydrogen-bond donors (Lipinski definition) is 2. The van der Waals surface area contributed by atoms with Crippen LogP contribution in [0.15, 0.2) is 18.5 Å². The molecule has 1 aromatic heterocycles. The predicted molar refractivity (Wildman–Crippen MR) is 47.8 cm³/mol. The topological polar surface area (TPSA) is 45.2 Å². The van der Waals surface area contributed by atoms with Gasteiger partial charge in [0.05, 0.1) is 35.2 Å². The third-order valence-corrected chi connectivity index (χ3v) is 1.76. The molecular formula is C6H7IN2O. The minimum Gasteiger partial charge on any atom is -0.392 e. The molecule has 10 heavy (non-hydrogen) atoms. The number of nitrogens with one attached hydrogen (secondary N) is 1. The number of rotatable bonds is 2. The van der Waals surface area contributed by atoms with E-state index in [2.05, 4.69) is 8.51 Å². The molecule has 0 fully saturated rings. The number of hydrogen-bond acceptors (Lipinski definition) is 3. The molecule has 0 aliphatic carbocycles. The second-order valence-corrected chi connectivity index (χ2v) is 2.32. The Bertz CT molecular complexity index is 194. The fourth-order valence-corrected chi connectivity index (χ4v) is 1.17. The molecule has 0 aromatic carbocycles. The van der Waals surface area contributed by atoms with Crippen LogP contribution in [0.2, 0.25) is 0 Å². The fourth-order valence-electron chi connectivity index (χ4n) is 0.645. The average molecular weight is 250 g/mol. The summed E-state index contributed by atoms with van der Waals surface area (Å²) in [5.41, 5.74) is 1.73. The van der Waals surface area contributed by atoms with Crippen LogP contribution in [0.5, 0.6) is 0 Å². The number of anilines is 1. The van der Waals surface area contributed by atoms with Crippen LogP contribution >= 0.6 is 22.9 Å². The van der Waals surface area contributed by atoms with Crippen LogP contribution in [0.3, 0.4) is 0 Å². The summed E-state index contributed by atoms with van der Waals surface area (Å²) in [6.07, 6.45) is 3.32. The van der Waals surface area contributed by atoms with E-state index in [1.807, 2.05) is 28.9 Å². The zero-order valence-corrected chi connectivity index (χ0v) is 7.37. The van der Waals surface area contributed by atoms with Gasteiger partial charge in [-0.2, -0.15) is 0 Å². The van der Waals surface area contributed by atoms with Gasteiger partial charge in [-0.05, 0) is 6.07 Å². The quantitative estimate of drug-likeness (QED) is 0.614. The highest BCUT2D eigenvalue weighted by atomic mass is 127. The first kappa shape index (κ1) is 7.74. The first-order valence-electron chi connectivity index (χ1n) is 2.79. The van der Waals surface area contributed by atoms with E-state index in [-0.39, 0.29) is 6.61 Å². The predicted octanol–water partition coefficient (Wildman–Crippen LogP) is 1.34. The van der Waals surface area contributed by atoms with Gasteiger partial charge in [0.1, 0.15) is 0 Å². The maximum atomic E-state index is 8.77. The molecule has 0 atom stereocenters. The van der Waals surface area contributed by atoms with Crippen molar-refractivity contribution < 1.29 is 5.11 Å². The van der Waals surface area contributed by atoms with Gasteiger partial charge in [0.2, 0.25) is 0 Å². The molecule has 54 valence electrons. The summed E-state index contributed by atoms with van der Waals surface area (Å²) in [7, 11) is 0. The van der Waals surface area contributed by atoms with Crippen molar-refractivity contribution in [2.45, 2.75) is 6.61 Å². The second-order valence-electron chi connectivity index (χ2n) is 1.79. The van der Waals surface area contributed by atoms with E-state index in [9.17, 15) is 0 Å². The Morgan fingerprint density at radius 2 is 2.50 bits per heavy atom. The first-order valence-corrected chi connectivity index (χ1v) is 3.86. The highest BCUT2D eigenvalue weighted by Gasteiger charge is 1.96. The summed E-state index contributed by atoms with van der Waals surface area (Å²) in [4.78, 5) is 3.86. The number of halogens is 1.